The minimum Gasteiger partial charge on any atom is -0.478 e. The highest BCUT2D eigenvalue weighted by Crippen LogP contribution is 2.34. The molecular formula is C28H30N4O3. The fourth-order valence-electron chi connectivity index (χ4n) is 5.10. The van der Waals surface area contributed by atoms with E-state index in [9.17, 15) is 14.7 Å². The van der Waals surface area contributed by atoms with Gasteiger partial charge in [0.1, 0.15) is 0 Å². The summed E-state index contributed by atoms with van der Waals surface area (Å²) in [6, 6.07) is 16.4. The number of carbonyl (C=O) groups excluding carboxylic acids is 1. The molecule has 0 atom stereocenters. The Hall–Kier alpha value is -3.84. The van der Waals surface area contributed by atoms with Crippen LogP contribution in [0.25, 0.3) is 22.2 Å². The van der Waals surface area contributed by atoms with Gasteiger partial charge in [0.05, 0.1) is 23.4 Å². The lowest BCUT2D eigenvalue weighted by Gasteiger charge is -2.34. The normalized spacial score (nSPS) is 16.9. The third kappa shape index (κ3) is 4.35. The van der Waals surface area contributed by atoms with E-state index in [4.69, 9.17) is 0 Å². The Balaban J connectivity index is 1.45. The molecule has 2 aliphatic rings. The standard InChI is InChI=1S/C28H30N4O3/c1-20-11-12-24-23(18-20)25(26(29(24)2)21-8-4-3-5-9-21)27(33)30-13-7-15-31(17-16-30)32-14-6-10-22(19-32)28(34)35/h3-6,8-12,14,18H,7,13,15-17,19H2,1-2H3,(H,34,35). The van der Waals surface area contributed by atoms with E-state index in [1.807, 2.05) is 41.4 Å². The first-order valence-corrected chi connectivity index (χ1v) is 12.0. The van der Waals surface area contributed by atoms with Crippen molar-refractivity contribution >= 4 is 22.8 Å². The van der Waals surface area contributed by atoms with Gasteiger partial charge in [0.15, 0.2) is 0 Å². The van der Waals surface area contributed by atoms with E-state index in [-0.39, 0.29) is 5.91 Å². The highest BCUT2D eigenvalue weighted by Gasteiger charge is 2.29. The van der Waals surface area contributed by atoms with Gasteiger partial charge in [-0.2, -0.15) is 0 Å². The number of aryl methyl sites for hydroxylation is 2. The Labute approximate surface area is 205 Å². The van der Waals surface area contributed by atoms with Crippen LogP contribution in [-0.2, 0) is 11.8 Å². The van der Waals surface area contributed by atoms with Gasteiger partial charge in [-0.1, -0.05) is 42.0 Å². The summed E-state index contributed by atoms with van der Waals surface area (Å²) in [6.45, 7) is 5.03. The number of aliphatic carboxylic acids is 1. The van der Waals surface area contributed by atoms with Gasteiger partial charge in [-0.3, -0.25) is 4.79 Å². The van der Waals surface area contributed by atoms with Gasteiger partial charge in [0.25, 0.3) is 5.91 Å². The first-order valence-electron chi connectivity index (χ1n) is 12.0. The van der Waals surface area contributed by atoms with Crippen LogP contribution in [-0.4, -0.2) is 69.2 Å². The molecule has 1 saturated heterocycles. The topological polar surface area (TPSA) is 69.0 Å². The average Bonchev–Trinajstić information content (AvgIpc) is 3.01. The lowest BCUT2D eigenvalue weighted by Crippen LogP contribution is -2.44. The van der Waals surface area contributed by atoms with E-state index in [1.165, 1.54) is 0 Å². The fraction of sp³-hybridized carbons (Fsp3) is 0.286. The van der Waals surface area contributed by atoms with Crippen molar-refractivity contribution in [1.82, 2.24) is 19.5 Å². The maximum atomic E-state index is 14.1. The molecular weight excluding hydrogens is 440 g/mol. The number of hydrogen-bond acceptors (Lipinski definition) is 4. The van der Waals surface area contributed by atoms with Gasteiger partial charge >= 0.3 is 5.97 Å². The van der Waals surface area contributed by atoms with Crippen molar-refractivity contribution in [3.05, 3.63) is 83.6 Å². The number of allylic oxidation sites excluding steroid dienone is 2. The van der Waals surface area contributed by atoms with Gasteiger partial charge in [-0.05, 0) is 43.2 Å². The predicted molar refractivity (Wildman–Crippen MR) is 137 cm³/mol. The summed E-state index contributed by atoms with van der Waals surface area (Å²) < 4.78 is 2.12. The molecule has 7 nitrogen and oxygen atoms in total. The van der Waals surface area contributed by atoms with Crippen LogP contribution < -0.4 is 0 Å². The molecule has 0 aliphatic carbocycles. The quantitative estimate of drug-likeness (QED) is 0.623. The predicted octanol–water partition coefficient (Wildman–Crippen LogP) is 4.06. The lowest BCUT2D eigenvalue weighted by atomic mass is 10.0. The molecule has 0 saturated carbocycles. The Kier molecular flexibility index (Phi) is 6.17. The number of aromatic nitrogens is 1. The number of carboxylic acids is 1. The minimum absolute atomic E-state index is 0.0437. The molecule has 1 N–H and O–H groups in total. The number of benzene rings is 2. The van der Waals surface area contributed by atoms with Gasteiger partial charge in [0.2, 0.25) is 0 Å². The van der Waals surface area contributed by atoms with E-state index in [0.29, 0.717) is 31.8 Å². The Morgan fingerprint density at radius 2 is 1.77 bits per heavy atom. The molecule has 35 heavy (non-hydrogen) atoms. The van der Waals surface area contributed by atoms with Crippen LogP contribution in [0, 0.1) is 6.92 Å². The maximum Gasteiger partial charge on any atom is 0.333 e. The van der Waals surface area contributed by atoms with Crippen LogP contribution in [0.5, 0.6) is 0 Å². The largest absolute Gasteiger partial charge is 0.478 e. The summed E-state index contributed by atoms with van der Waals surface area (Å²) in [6.07, 6.45) is 6.13. The Morgan fingerprint density at radius 3 is 2.54 bits per heavy atom. The number of rotatable bonds is 4. The van der Waals surface area contributed by atoms with Crippen molar-refractivity contribution in [1.29, 1.82) is 0 Å². The number of carboxylic acid groups (broad SMARTS) is 1. The second-order valence-corrected chi connectivity index (χ2v) is 9.20. The number of nitrogens with zero attached hydrogens (tertiary/aromatic N) is 4. The smallest absolute Gasteiger partial charge is 0.333 e. The SMILES string of the molecule is Cc1ccc2c(c1)c(C(=O)N1CCCN(N3C=CC=C(C(=O)O)C3)CC1)c(-c1ccccc1)n2C. The van der Waals surface area contributed by atoms with Crippen molar-refractivity contribution < 1.29 is 14.7 Å². The maximum absolute atomic E-state index is 14.1. The summed E-state index contributed by atoms with van der Waals surface area (Å²) in [5.74, 6) is -0.854. The molecule has 0 unspecified atom stereocenters. The van der Waals surface area contributed by atoms with E-state index < -0.39 is 5.97 Å². The van der Waals surface area contributed by atoms with Crippen molar-refractivity contribution in [2.24, 2.45) is 7.05 Å². The Morgan fingerprint density at radius 1 is 0.971 bits per heavy atom. The Bertz CT molecular complexity index is 1340. The number of hydrazine groups is 1. The molecule has 3 aromatic rings. The van der Waals surface area contributed by atoms with E-state index in [0.717, 1.165) is 46.3 Å². The third-order valence-corrected chi connectivity index (χ3v) is 6.90. The minimum atomic E-state index is -0.898. The molecule has 2 aliphatic heterocycles. The van der Waals surface area contributed by atoms with Crippen LogP contribution in [0.3, 0.4) is 0 Å². The van der Waals surface area contributed by atoms with Crippen molar-refractivity contribution in [2.75, 3.05) is 32.7 Å². The van der Waals surface area contributed by atoms with E-state index >= 15 is 0 Å². The molecule has 0 bridgehead atoms. The van der Waals surface area contributed by atoms with Crippen LogP contribution in [0.4, 0.5) is 0 Å². The van der Waals surface area contributed by atoms with Gasteiger partial charge in [-0.15, -0.1) is 0 Å². The number of carbonyl (C=O) groups is 2. The van der Waals surface area contributed by atoms with E-state index in [2.05, 4.69) is 46.8 Å². The highest BCUT2D eigenvalue weighted by atomic mass is 16.4. The number of amides is 1. The second-order valence-electron chi connectivity index (χ2n) is 9.20. The van der Waals surface area contributed by atoms with E-state index in [1.54, 1.807) is 12.2 Å². The van der Waals surface area contributed by atoms with Crippen molar-refractivity contribution in [3.63, 3.8) is 0 Å². The molecule has 1 amide bonds. The highest BCUT2D eigenvalue weighted by molar-refractivity contribution is 6.13. The lowest BCUT2D eigenvalue weighted by molar-refractivity contribution is -0.133. The molecule has 3 heterocycles. The molecule has 5 rings (SSSR count). The number of fused-ring (bicyclic) bond motifs is 1. The zero-order valence-electron chi connectivity index (χ0n) is 20.1. The molecule has 1 aromatic heterocycles. The fourth-order valence-corrected chi connectivity index (χ4v) is 5.10. The first kappa shape index (κ1) is 22.9. The van der Waals surface area contributed by atoms with Crippen molar-refractivity contribution in [3.8, 4) is 11.3 Å². The van der Waals surface area contributed by atoms with Crippen LogP contribution in [0.15, 0.2) is 72.5 Å². The first-order chi connectivity index (χ1) is 16.9. The number of hydrogen-bond donors (Lipinski definition) is 1. The third-order valence-electron chi connectivity index (χ3n) is 6.90. The average molecular weight is 471 g/mol. The summed E-state index contributed by atoms with van der Waals surface area (Å²) in [5.41, 5.74) is 5.24. The summed E-state index contributed by atoms with van der Waals surface area (Å²) in [4.78, 5) is 27.5. The van der Waals surface area contributed by atoms with Crippen LogP contribution in [0.1, 0.15) is 22.3 Å². The van der Waals surface area contributed by atoms with Gasteiger partial charge in [0, 0.05) is 50.3 Å². The monoisotopic (exact) mass is 470 g/mol. The molecule has 0 radical (unpaired) electrons. The molecule has 180 valence electrons. The van der Waals surface area contributed by atoms with Gasteiger partial charge in [-0.25, -0.2) is 9.80 Å². The van der Waals surface area contributed by atoms with Crippen LogP contribution >= 0.6 is 0 Å². The molecule has 0 spiro atoms. The summed E-state index contributed by atoms with van der Waals surface area (Å²) >= 11 is 0. The molecule has 2 aromatic carbocycles. The second kappa shape index (κ2) is 9.43. The van der Waals surface area contributed by atoms with Crippen molar-refractivity contribution in [2.45, 2.75) is 13.3 Å². The van der Waals surface area contributed by atoms with Crippen LogP contribution in [0.2, 0.25) is 0 Å². The zero-order chi connectivity index (χ0) is 24.5. The zero-order valence-corrected chi connectivity index (χ0v) is 20.1. The molecule has 7 heteroatoms. The van der Waals surface area contributed by atoms with Gasteiger partial charge < -0.3 is 19.6 Å². The summed E-state index contributed by atoms with van der Waals surface area (Å²) in [5, 5.41) is 14.5. The summed E-state index contributed by atoms with van der Waals surface area (Å²) in [7, 11) is 2.02. The molecule has 1 fully saturated rings.